The second-order valence-electron chi connectivity index (χ2n) is 6.68. The average Bonchev–Trinajstić information content (AvgIpc) is 2.76. The van der Waals surface area contributed by atoms with E-state index >= 15 is 0 Å². The van der Waals surface area contributed by atoms with Crippen LogP contribution in [0.3, 0.4) is 0 Å². The molecule has 0 radical (unpaired) electrons. The summed E-state index contributed by atoms with van der Waals surface area (Å²) in [7, 11) is 1.43. The fourth-order valence-corrected chi connectivity index (χ4v) is 3.43. The van der Waals surface area contributed by atoms with Crippen LogP contribution in [0.4, 0.5) is 0 Å². The number of aliphatic hydroxyl groups is 1. The van der Waals surface area contributed by atoms with Crippen molar-refractivity contribution in [3.63, 3.8) is 0 Å². The van der Waals surface area contributed by atoms with E-state index in [1.165, 1.54) is 7.11 Å². The third kappa shape index (κ3) is 3.80. The van der Waals surface area contributed by atoms with E-state index in [1.54, 1.807) is 30.3 Å². The van der Waals surface area contributed by atoms with Crippen LogP contribution < -0.4 is 0 Å². The van der Waals surface area contributed by atoms with E-state index in [4.69, 9.17) is 23.7 Å². The van der Waals surface area contributed by atoms with Crippen molar-refractivity contribution in [1.82, 2.24) is 0 Å². The molecule has 2 fully saturated rings. The fraction of sp³-hybridized carbons (Fsp3) is 0.381. The first kappa shape index (κ1) is 19.0. The van der Waals surface area contributed by atoms with Crippen LogP contribution in [0.1, 0.15) is 22.2 Å². The Morgan fingerprint density at radius 3 is 2.39 bits per heavy atom. The number of rotatable bonds is 4. The van der Waals surface area contributed by atoms with Crippen LogP contribution in [0.5, 0.6) is 0 Å². The summed E-state index contributed by atoms with van der Waals surface area (Å²) in [5.41, 5.74) is 1.21. The smallest absolute Gasteiger partial charge is 0.338 e. The number of benzene rings is 2. The molecule has 2 aromatic carbocycles. The summed E-state index contributed by atoms with van der Waals surface area (Å²) in [5, 5.41) is 10.9. The van der Waals surface area contributed by atoms with Gasteiger partial charge in [0, 0.05) is 12.7 Å². The summed E-state index contributed by atoms with van der Waals surface area (Å²) in [4.78, 5) is 12.5. The van der Waals surface area contributed by atoms with E-state index in [1.807, 2.05) is 30.3 Å². The van der Waals surface area contributed by atoms with Gasteiger partial charge in [-0.05, 0) is 12.1 Å². The molecule has 4 rings (SSSR count). The van der Waals surface area contributed by atoms with Gasteiger partial charge in [-0.1, -0.05) is 48.5 Å². The zero-order valence-corrected chi connectivity index (χ0v) is 15.3. The minimum atomic E-state index is -1.13. The standard InChI is InChI=1S/C21H22O7/c1-24-21-18(27-19(23)13-8-4-2-5-9-13)16(22)17-15(26-21)12-25-20(28-17)14-10-6-3-7-11-14/h2-11,15-18,20-22H,12H2,1H3/t15-,16+,17-,18+,20-,21+/m1/s1. The van der Waals surface area contributed by atoms with Gasteiger partial charge in [-0.2, -0.15) is 0 Å². The molecular weight excluding hydrogens is 364 g/mol. The average molecular weight is 386 g/mol. The van der Waals surface area contributed by atoms with Gasteiger partial charge in [0.15, 0.2) is 18.7 Å². The zero-order valence-electron chi connectivity index (χ0n) is 15.3. The Bertz CT molecular complexity index is 782. The van der Waals surface area contributed by atoms with Crippen molar-refractivity contribution in [2.45, 2.75) is 37.0 Å². The van der Waals surface area contributed by atoms with Crippen molar-refractivity contribution in [3.05, 3.63) is 71.8 Å². The van der Waals surface area contributed by atoms with Crippen molar-refractivity contribution < 1.29 is 33.6 Å². The molecule has 0 spiro atoms. The van der Waals surface area contributed by atoms with E-state index in [2.05, 4.69) is 0 Å². The Morgan fingerprint density at radius 1 is 1.04 bits per heavy atom. The Kier molecular flexibility index (Phi) is 5.70. The minimum Gasteiger partial charge on any atom is -0.450 e. The Morgan fingerprint density at radius 2 is 1.71 bits per heavy atom. The molecule has 0 bridgehead atoms. The second kappa shape index (κ2) is 8.38. The SMILES string of the molecule is CO[C@H]1O[C@@H]2CO[C@@H](c3ccccc3)O[C@H]2[C@H](O)[C@@H]1OC(=O)c1ccccc1. The number of fused-ring (bicyclic) bond motifs is 1. The molecule has 148 valence electrons. The summed E-state index contributed by atoms with van der Waals surface area (Å²) in [6.07, 6.45) is -4.99. The Balaban J connectivity index is 1.50. The molecule has 0 saturated carbocycles. The highest BCUT2D eigenvalue weighted by molar-refractivity contribution is 5.89. The number of carbonyl (C=O) groups excluding carboxylic acids is 1. The highest BCUT2D eigenvalue weighted by Crippen LogP contribution is 2.35. The Labute approximate surface area is 162 Å². The number of ether oxygens (including phenoxy) is 5. The number of esters is 1. The van der Waals surface area contributed by atoms with Gasteiger partial charge in [0.25, 0.3) is 0 Å². The van der Waals surface area contributed by atoms with Crippen LogP contribution >= 0.6 is 0 Å². The van der Waals surface area contributed by atoms with Gasteiger partial charge in [-0.3, -0.25) is 0 Å². The van der Waals surface area contributed by atoms with Gasteiger partial charge in [-0.25, -0.2) is 4.79 Å². The molecule has 2 aromatic rings. The number of methoxy groups -OCH3 is 1. The molecule has 7 nitrogen and oxygen atoms in total. The highest BCUT2D eigenvalue weighted by atomic mass is 16.8. The predicted molar refractivity (Wildman–Crippen MR) is 97.3 cm³/mol. The quantitative estimate of drug-likeness (QED) is 0.806. The minimum absolute atomic E-state index is 0.223. The molecule has 2 heterocycles. The monoisotopic (exact) mass is 386 g/mol. The number of aliphatic hydroxyl groups excluding tert-OH is 1. The lowest BCUT2D eigenvalue weighted by atomic mass is 9.97. The third-order valence-electron chi connectivity index (χ3n) is 4.87. The molecule has 2 aliphatic heterocycles. The number of hydrogen-bond donors (Lipinski definition) is 1. The first-order chi connectivity index (χ1) is 13.7. The van der Waals surface area contributed by atoms with Gasteiger partial charge < -0.3 is 28.8 Å². The Hall–Kier alpha value is -2.29. The van der Waals surface area contributed by atoms with Gasteiger partial charge in [0.1, 0.15) is 18.3 Å². The van der Waals surface area contributed by atoms with Gasteiger partial charge in [-0.15, -0.1) is 0 Å². The van der Waals surface area contributed by atoms with E-state index < -0.39 is 43.0 Å². The fourth-order valence-electron chi connectivity index (χ4n) is 3.43. The van der Waals surface area contributed by atoms with Crippen LogP contribution in [0.25, 0.3) is 0 Å². The van der Waals surface area contributed by atoms with Gasteiger partial charge in [0.05, 0.1) is 12.2 Å². The molecule has 2 aliphatic rings. The normalized spacial score (nSPS) is 32.4. The molecule has 0 aliphatic carbocycles. The van der Waals surface area contributed by atoms with Crippen LogP contribution in [0.15, 0.2) is 60.7 Å². The van der Waals surface area contributed by atoms with E-state index in [9.17, 15) is 9.90 Å². The molecule has 28 heavy (non-hydrogen) atoms. The molecule has 0 aromatic heterocycles. The summed E-state index contributed by atoms with van der Waals surface area (Å²) in [6, 6.07) is 18.0. The molecule has 6 atom stereocenters. The van der Waals surface area contributed by atoms with Gasteiger partial charge >= 0.3 is 5.97 Å². The summed E-state index contributed by atoms with van der Waals surface area (Å²) in [6.45, 7) is 0.223. The highest BCUT2D eigenvalue weighted by Gasteiger charge is 2.51. The van der Waals surface area contributed by atoms with Crippen molar-refractivity contribution in [2.24, 2.45) is 0 Å². The maximum Gasteiger partial charge on any atom is 0.338 e. The summed E-state index contributed by atoms with van der Waals surface area (Å²) in [5.74, 6) is -0.569. The number of carbonyl (C=O) groups is 1. The maximum absolute atomic E-state index is 12.5. The van der Waals surface area contributed by atoms with E-state index in [0.717, 1.165) is 5.56 Å². The summed E-state index contributed by atoms with van der Waals surface area (Å²) >= 11 is 0. The first-order valence-electron chi connectivity index (χ1n) is 9.11. The van der Waals surface area contributed by atoms with Gasteiger partial charge in [0.2, 0.25) is 0 Å². The van der Waals surface area contributed by atoms with E-state index in [0.29, 0.717) is 5.56 Å². The number of hydrogen-bond acceptors (Lipinski definition) is 7. The van der Waals surface area contributed by atoms with E-state index in [-0.39, 0.29) is 6.61 Å². The predicted octanol–water partition coefficient (Wildman–Crippen LogP) is 2.06. The maximum atomic E-state index is 12.5. The van der Waals surface area contributed by atoms with Crippen LogP contribution in [0, 0.1) is 0 Å². The molecule has 0 unspecified atom stereocenters. The van der Waals surface area contributed by atoms with Crippen LogP contribution in [-0.2, 0) is 23.7 Å². The van der Waals surface area contributed by atoms with Crippen LogP contribution in [0.2, 0.25) is 0 Å². The van der Waals surface area contributed by atoms with Crippen molar-refractivity contribution in [1.29, 1.82) is 0 Å². The second-order valence-corrected chi connectivity index (χ2v) is 6.68. The largest absolute Gasteiger partial charge is 0.450 e. The van der Waals surface area contributed by atoms with Crippen molar-refractivity contribution >= 4 is 5.97 Å². The lowest BCUT2D eigenvalue weighted by Crippen LogP contribution is -2.63. The lowest BCUT2D eigenvalue weighted by Gasteiger charge is -2.46. The lowest BCUT2D eigenvalue weighted by molar-refractivity contribution is -0.357. The molecule has 2 saturated heterocycles. The molecular formula is C21H22O7. The first-order valence-corrected chi connectivity index (χ1v) is 9.11. The third-order valence-corrected chi connectivity index (χ3v) is 4.87. The van der Waals surface area contributed by atoms with Crippen molar-refractivity contribution in [3.8, 4) is 0 Å². The van der Waals surface area contributed by atoms with Crippen molar-refractivity contribution in [2.75, 3.05) is 13.7 Å². The topological polar surface area (TPSA) is 83.5 Å². The molecule has 7 heteroatoms. The molecule has 1 N–H and O–H groups in total. The van der Waals surface area contributed by atoms with Crippen LogP contribution in [-0.4, -0.2) is 55.5 Å². The zero-order chi connectivity index (χ0) is 19.5. The summed E-state index contributed by atoms with van der Waals surface area (Å²) < 4.78 is 28.4. The molecule has 0 amide bonds.